The van der Waals surface area contributed by atoms with Gasteiger partial charge in [0.15, 0.2) is 5.13 Å². The molecule has 4 nitrogen and oxygen atoms in total. The predicted octanol–water partition coefficient (Wildman–Crippen LogP) is 2.07. The minimum atomic E-state index is -0.0137. The Balaban J connectivity index is 1.95. The Morgan fingerprint density at radius 2 is 2.33 bits per heavy atom. The number of nitrogens with zero attached hydrogens (tertiary/aromatic N) is 1. The standard InChI is InChI=1S/C9H11N3OS2/c1-2-6-4-14-8(11-6)10-3-7-5-15-9(13)12-7/h4-5H,2-3H2,1H3,(H,10,11)(H,12,13). The molecule has 15 heavy (non-hydrogen) atoms. The number of hydrogen-bond donors (Lipinski definition) is 2. The van der Waals surface area contributed by atoms with Gasteiger partial charge in [0, 0.05) is 16.5 Å². The first-order valence-electron chi connectivity index (χ1n) is 4.63. The van der Waals surface area contributed by atoms with Crippen molar-refractivity contribution >= 4 is 27.8 Å². The third-order valence-electron chi connectivity index (χ3n) is 1.91. The van der Waals surface area contributed by atoms with Crippen LogP contribution in [0.15, 0.2) is 15.6 Å². The maximum absolute atomic E-state index is 10.9. The molecule has 0 aliphatic heterocycles. The molecule has 0 atom stereocenters. The van der Waals surface area contributed by atoms with Crippen molar-refractivity contribution in [2.45, 2.75) is 19.9 Å². The lowest BCUT2D eigenvalue weighted by Gasteiger charge is -1.98. The molecule has 2 heterocycles. The molecule has 0 spiro atoms. The number of aryl methyl sites for hydroxylation is 1. The molecule has 0 unspecified atom stereocenters. The Bertz CT molecular complexity index is 485. The average molecular weight is 241 g/mol. The van der Waals surface area contributed by atoms with Crippen molar-refractivity contribution in [1.29, 1.82) is 0 Å². The van der Waals surface area contributed by atoms with Crippen LogP contribution in [0.2, 0.25) is 0 Å². The molecule has 80 valence electrons. The molecule has 0 aliphatic carbocycles. The van der Waals surface area contributed by atoms with Crippen LogP contribution in [0.5, 0.6) is 0 Å². The van der Waals surface area contributed by atoms with Crippen molar-refractivity contribution in [2.24, 2.45) is 0 Å². The van der Waals surface area contributed by atoms with Crippen LogP contribution in [0.4, 0.5) is 5.13 Å². The molecule has 6 heteroatoms. The first kappa shape index (κ1) is 10.4. The van der Waals surface area contributed by atoms with Gasteiger partial charge in [0.1, 0.15) is 0 Å². The molecule has 2 aromatic heterocycles. The predicted molar refractivity (Wildman–Crippen MR) is 63.8 cm³/mol. The molecular formula is C9H11N3OS2. The van der Waals surface area contributed by atoms with E-state index in [2.05, 4.69) is 22.2 Å². The van der Waals surface area contributed by atoms with Crippen molar-refractivity contribution < 1.29 is 0 Å². The number of aromatic nitrogens is 2. The van der Waals surface area contributed by atoms with E-state index in [1.807, 2.05) is 10.8 Å². The monoisotopic (exact) mass is 241 g/mol. The lowest BCUT2D eigenvalue weighted by atomic mass is 10.4. The molecule has 2 aromatic rings. The number of aromatic amines is 1. The maximum atomic E-state index is 10.9. The Kier molecular flexibility index (Phi) is 3.17. The molecule has 0 aliphatic rings. The summed E-state index contributed by atoms with van der Waals surface area (Å²) in [4.78, 5) is 18.0. The third-order valence-corrected chi connectivity index (χ3v) is 3.48. The summed E-state index contributed by atoms with van der Waals surface area (Å²) in [5.74, 6) is 0. The van der Waals surface area contributed by atoms with E-state index in [9.17, 15) is 4.79 Å². The molecular weight excluding hydrogens is 230 g/mol. The maximum Gasteiger partial charge on any atom is 0.304 e. The Labute approximate surface area is 95.0 Å². The molecule has 2 rings (SSSR count). The topological polar surface area (TPSA) is 57.8 Å². The van der Waals surface area contributed by atoms with E-state index in [0.29, 0.717) is 6.54 Å². The van der Waals surface area contributed by atoms with Gasteiger partial charge >= 0.3 is 4.87 Å². The number of anilines is 1. The highest BCUT2D eigenvalue weighted by molar-refractivity contribution is 7.13. The summed E-state index contributed by atoms with van der Waals surface area (Å²) in [5, 5.41) is 7.94. The molecule has 0 saturated carbocycles. The minimum absolute atomic E-state index is 0.0137. The Morgan fingerprint density at radius 1 is 1.47 bits per heavy atom. The van der Waals surface area contributed by atoms with Crippen LogP contribution in [0, 0.1) is 0 Å². The molecule has 0 saturated heterocycles. The first-order chi connectivity index (χ1) is 7.28. The SMILES string of the molecule is CCc1csc(NCc2csc(=O)[nH]2)n1. The lowest BCUT2D eigenvalue weighted by Crippen LogP contribution is -2.02. The number of hydrogen-bond acceptors (Lipinski definition) is 5. The van der Waals surface area contributed by atoms with Gasteiger partial charge in [-0.15, -0.1) is 11.3 Å². The zero-order valence-electron chi connectivity index (χ0n) is 8.24. The van der Waals surface area contributed by atoms with Crippen molar-refractivity contribution in [3.63, 3.8) is 0 Å². The molecule has 0 aromatic carbocycles. The van der Waals surface area contributed by atoms with Crippen LogP contribution < -0.4 is 10.2 Å². The van der Waals surface area contributed by atoms with Crippen molar-refractivity contribution in [3.05, 3.63) is 31.8 Å². The van der Waals surface area contributed by atoms with E-state index in [4.69, 9.17) is 0 Å². The number of thiazole rings is 2. The highest BCUT2D eigenvalue weighted by atomic mass is 32.1. The molecule has 0 amide bonds. The summed E-state index contributed by atoms with van der Waals surface area (Å²) < 4.78 is 0. The van der Waals surface area contributed by atoms with Crippen LogP contribution in [0.25, 0.3) is 0 Å². The summed E-state index contributed by atoms with van der Waals surface area (Å²) in [5.41, 5.74) is 2.00. The van der Waals surface area contributed by atoms with Crippen LogP contribution in [0.1, 0.15) is 18.3 Å². The fraction of sp³-hybridized carbons (Fsp3) is 0.333. The van der Waals surface area contributed by atoms with Crippen LogP contribution >= 0.6 is 22.7 Å². The second-order valence-corrected chi connectivity index (χ2v) is 4.72. The second-order valence-electron chi connectivity index (χ2n) is 3.02. The number of H-pyrrole nitrogens is 1. The fourth-order valence-electron chi connectivity index (χ4n) is 1.12. The van der Waals surface area contributed by atoms with E-state index in [1.165, 1.54) is 11.3 Å². The fourth-order valence-corrected chi connectivity index (χ4v) is 2.50. The third kappa shape index (κ3) is 2.66. The van der Waals surface area contributed by atoms with E-state index in [0.717, 1.165) is 22.9 Å². The second kappa shape index (κ2) is 4.59. The van der Waals surface area contributed by atoms with Gasteiger partial charge in [-0.2, -0.15) is 0 Å². The summed E-state index contributed by atoms with van der Waals surface area (Å²) in [6.45, 7) is 2.70. The molecule has 0 radical (unpaired) electrons. The van der Waals surface area contributed by atoms with E-state index in [1.54, 1.807) is 11.3 Å². The van der Waals surface area contributed by atoms with Gasteiger partial charge in [0.05, 0.1) is 12.2 Å². The van der Waals surface area contributed by atoms with Crippen LogP contribution in [-0.2, 0) is 13.0 Å². The Morgan fingerprint density at radius 3 is 2.93 bits per heavy atom. The number of rotatable bonds is 4. The summed E-state index contributed by atoms with van der Waals surface area (Å²) in [7, 11) is 0. The average Bonchev–Trinajstić information content (AvgIpc) is 2.83. The smallest absolute Gasteiger partial charge is 0.304 e. The first-order valence-corrected chi connectivity index (χ1v) is 6.39. The highest BCUT2D eigenvalue weighted by Gasteiger charge is 2.00. The molecule has 2 N–H and O–H groups in total. The zero-order chi connectivity index (χ0) is 10.7. The number of nitrogens with one attached hydrogen (secondary N) is 2. The van der Waals surface area contributed by atoms with Crippen molar-refractivity contribution in [1.82, 2.24) is 9.97 Å². The minimum Gasteiger partial charge on any atom is -0.356 e. The van der Waals surface area contributed by atoms with Crippen molar-refractivity contribution in [3.8, 4) is 0 Å². The lowest BCUT2D eigenvalue weighted by molar-refractivity contribution is 1.02. The Hall–Kier alpha value is -1.14. The molecule has 0 fully saturated rings. The zero-order valence-corrected chi connectivity index (χ0v) is 9.87. The summed E-state index contributed by atoms with van der Waals surface area (Å²) in [6, 6.07) is 0. The van der Waals surface area contributed by atoms with Gasteiger partial charge in [0.2, 0.25) is 0 Å². The van der Waals surface area contributed by atoms with Gasteiger partial charge in [-0.05, 0) is 6.42 Å². The van der Waals surface area contributed by atoms with Crippen LogP contribution in [-0.4, -0.2) is 9.97 Å². The summed E-state index contributed by atoms with van der Waals surface area (Å²) >= 11 is 2.77. The van der Waals surface area contributed by atoms with Gasteiger partial charge in [-0.3, -0.25) is 4.79 Å². The van der Waals surface area contributed by atoms with Gasteiger partial charge in [-0.1, -0.05) is 18.3 Å². The summed E-state index contributed by atoms with van der Waals surface area (Å²) in [6.07, 6.45) is 0.952. The molecule has 0 bridgehead atoms. The van der Waals surface area contributed by atoms with Crippen molar-refractivity contribution in [2.75, 3.05) is 5.32 Å². The van der Waals surface area contributed by atoms with Gasteiger partial charge < -0.3 is 10.3 Å². The van der Waals surface area contributed by atoms with Gasteiger partial charge in [-0.25, -0.2) is 4.98 Å². The van der Waals surface area contributed by atoms with Crippen LogP contribution in [0.3, 0.4) is 0 Å². The quantitative estimate of drug-likeness (QED) is 0.861. The van der Waals surface area contributed by atoms with Gasteiger partial charge in [0.25, 0.3) is 0 Å². The van der Waals surface area contributed by atoms with E-state index < -0.39 is 0 Å². The normalized spacial score (nSPS) is 10.5. The van der Waals surface area contributed by atoms with E-state index in [-0.39, 0.29) is 4.87 Å². The largest absolute Gasteiger partial charge is 0.356 e. The van der Waals surface area contributed by atoms with E-state index >= 15 is 0 Å². The highest BCUT2D eigenvalue weighted by Crippen LogP contribution is 2.16.